The molecule has 0 spiro atoms. The van der Waals surface area contributed by atoms with Crippen LogP contribution >= 0.6 is 22.9 Å². The van der Waals surface area contributed by atoms with Gasteiger partial charge in [0, 0.05) is 33.2 Å². The van der Waals surface area contributed by atoms with Crippen molar-refractivity contribution in [3.05, 3.63) is 77.6 Å². The third kappa shape index (κ3) is 4.84. The van der Waals surface area contributed by atoms with E-state index >= 15 is 0 Å². The minimum Gasteiger partial charge on any atom is -0.339 e. The second kappa shape index (κ2) is 10.7. The highest BCUT2D eigenvalue weighted by molar-refractivity contribution is 7.12. The van der Waals surface area contributed by atoms with Gasteiger partial charge in [0.1, 0.15) is 4.88 Å². The zero-order chi connectivity index (χ0) is 27.8. The summed E-state index contributed by atoms with van der Waals surface area (Å²) in [4.78, 5) is 48.5. The molecule has 1 aliphatic heterocycles. The lowest BCUT2D eigenvalue weighted by atomic mass is 10.2. The van der Waals surface area contributed by atoms with Gasteiger partial charge < -0.3 is 9.80 Å². The zero-order valence-electron chi connectivity index (χ0n) is 21.1. The molecule has 1 aromatic carbocycles. The summed E-state index contributed by atoms with van der Waals surface area (Å²) in [6.07, 6.45) is 0. The van der Waals surface area contributed by atoms with Crippen LogP contribution in [0.5, 0.6) is 0 Å². The van der Waals surface area contributed by atoms with E-state index in [0.717, 1.165) is 16.7 Å². The molecule has 0 atom stereocenters. The van der Waals surface area contributed by atoms with Crippen LogP contribution in [-0.4, -0.2) is 55.7 Å². The summed E-state index contributed by atoms with van der Waals surface area (Å²) in [5.41, 5.74) is -0.641. The number of hydrogen-bond donors (Lipinski definition) is 0. The molecule has 0 saturated carbocycles. The average Bonchev–Trinajstić information content (AvgIpc) is 3.54. The van der Waals surface area contributed by atoms with Crippen LogP contribution in [0.4, 0.5) is 14.7 Å². The van der Waals surface area contributed by atoms with Gasteiger partial charge in [-0.25, -0.2) is 13.6 Å². The summed E-state index contributed by atoms with van der Waals surface area (Å²) < 4.78 is 31.1. The van der Waals surface area contributed by atoms with E-state index in [1.807, 2.05) is 4.90 Å². The maximum atomic E-state index is 13.8. The maximum Gasteiger partial charge on any atom is 0.332 e. The number of carbonyl (C=O) groups is 1. The van der Waals surface area contributed by atoms with Crippen LogP contribution in [0, 0.1) is 23.5 Å². The Labute approximate surface area is 230 Å². The number of amides is 1. The first-order valence-electron chi connectivity index (χ1n) is 12.0. The van der Waals surface area contributed by atoms with E-state index < -0.39 is 22.9 Å². The average molecular weight is 573 g/mol. The summed E-state index contributed by atoms with van der Waals surface area (Å²) in [5, 5.41) is 2.19. The first-order chi connectivity index (χ1) is 18.7. The number of aryl methyl sites for hydroxylation is 1. The highest BCUT2D eigenvalue weighted by atomic mass is 35.5. The fourth-order valence-corrected chi connectivity index (χ4v) is 5.67. The van der Waals surface area contributed by atoms with E-state index in [1.54, 1.807) is 27.8 Å². The third-order valence-corrected chi connectivity index (χ3v) is 7.94. The quantitative estimate of drug-likeness (QED) is 0.343. The molecular weight excluding hydrogens is 550 g/mol. The minimum absolute atomic E-state index is 0.137. The van der Waals surface area contributed by atoms with Crippen LogP contribution in [0.2, 0.25) is 5.02 Å². The van der Waals surface area contributed by atoms with E-state index in [4.69, 9.17) is 11.6 Å². The van der Waals surface area contributed by atoms with Gasteiger partial charge in [0.15, 0.2) is 22.8 Å². The molecule has 0 N–H and O–H groups in total. The zero-order valence-corrected chi connectivity index (χ0v) is 22.7. The van der Waals surface area contributed by atoms with Crippen molar-refractivity contribution in [2.75, 3.05) is 31.1 Å². The molecule has 9 nitrogen and oxygen atoms in total. The molecule has 0 bridgehead atoms. The lowest BCUT2D eigenvalue weighted by Crippen LogP contribution is -2.49. The summed E-state index contributed by atoms with van der Waals surface area (Å²) in [5.74, 6) is 4.01. The monoisotopic (exact) mass is 572 g/mol. The number of piperazine rings is 1. The molecule has 4 heterocycles. The fourth-order valence-electron chi connectivity index (χ4n) is 4.57. The van der Waals surface area contributed by atoms with Crippen LogP contribution < -0.4 is 16.1 Å². The normalized spacial score (nSPS) is 13.6. The predicted octanol–water partition coefficient (Wildman–Crippen LogP) is 2.92. The van der Waals surface area contributed by atoms with E-state index in [2.05, 4.69) is 16.8 Å². The number of imidazole rings is 1. The SMILES string of the molecule is CC#CCn1c(N2CCN(C(=O)c3sccc3Cl)CC2)nc2c1c(=O)n(Cc1ccc(F)c(F)c1)c(=O)n2C. The summed E-state index contributed by atoms with van der Waals surface area (Å²) >= 11 is 7.44. The molecule has 5 rings (SSSR count). The third-order valence-electron chi connectivity index (χ3n) is 6.61. The maximum absolute atomic E-state index is 13.8. The van der Waals surface area contributed by atoms with Crippen LogP contribution in [0.1, 0.15) is 22.2 Å². The van der Waals surface area contributed by atoms with Gasteiger partial charge in [-0.1, -0.05) is 23.6 Å². The Hall–Kier alpha value is -3.95. The van der Waals surface area contributed by atoms with Crippen LogP contribution in [0.3, 0.4) is 0 Å². The van der Waals surface area contributed by atoms with Crippen molar-refractivity contribution in [3.63, 3.8) is 0 Å². The molecule has 0 aliphatic carbocycles. The molecule has 4 aromatic rings. The van der Waals surface area contributed by atoms with Gasteiger partial charge in [0.25, 0.3) is 11.5 Å². The van der Waals surface area contributed by atoms with Crippen molar-refractivity contribution >= 4 is 46.0 Å². The molecular formula is C26H23ClF2N6O3S. The molecule has 1 aliphatic rings. The van der Waals surface area contributed by atoms with Gasteiger partial charge in [0.05, 0.1) is 18.1 Å². The number of halogens is 3. The Bertz CT molecular complexity index is 1770. The van der Waals surface area contributed by atoms with Crippen molar-refractivity contribution in [2.24, 2.45) is 7.05 Å². The number of nitrogens with zero attached hydrogens (tertiary/aromatic N) is 6. The number of anilines is 1. The van der Waals surface area contributed by atoms with E-state index in [-0.39, 0.29) is 35.7 Å². The Balaban J connectivity index is 1.52. The number of rotatable bonds is 5. The smallest absolute Gasteiger partial charge is 0.332 e. The van der Waals surface area contributed by atoms with E-state index in [0.29, 0.717) is 42.0 Å². The van der Waals surface area contributed by atoms with Crippen molar-refractivity contribution < 1.29 is 13.6 Å². The Kier molecular flexibility index (Phi) is 7.29. The van der Waals surface area contributed by atoms with E-state index in [9.17, 15) is 23.2 Å². The predicted molar refractivity (Wildman–Crippen MR) is 146 cm³/mol. The molecule has 3 aromatic heterocycles. The summed E-state index contributed by atoms with van der Waals surface area (Å²) in [6.45, 7) is 3.28. The first-order valence-corrected chi connectivity index (χ1v) is 13.3. The van der Waals surface area contributed by atoms with Crippen LogP contribution in [0.25, 0.3) is 11.2 Å². The highest BCUT2D eigenvalue weighted by Crippen LogP contribution is 2.26. The molecule has 0 radical (unpaired) electrons. The summed E-state index contributed by atoms with van der Waals surface area (Å²) in [7, 11) is 1.50. The van der Waals surface area contributed by atoms with Gasteiger partial charge in [0.2, 0.25) is 5.95 Å². The fraction of sp³-hybridized carbons (Fsp3) is 0.308. The Morgan fingerprint density at radius 1 is 1.10 bits per heavy atom. The van der Waals surface area contributed by atoms with Gasteiger partial charge in [-0.15, -0.1) is 17.3 Å². The molecule has 13 heteroatoms. The van der Waals surface area contributed by atoms with Crippen LogP contribution in [-0.2, 0) is 20.1 Å². The second-order valence-corrected chi connectivity index (χ2v) is 10.3. The lowest BCUT2D eigenvalue weighted by molar-refractivity contribution is 0.0751. The van der Waals surface area contributed by atoms with Gasteiger partial charge >= 0.3 is 5.69 Å². The largest absolute Gasteiger partial charge is 0.339 e. The molecule has 1 amide bonds. The van der Waals surface area contributed by atoms with Crippen molar-refractivity contribution in [1.82, 2.24) is 23.6 Å². The number of aromatic nitrogens is 4. The second-order valence-electron chi connectivity index (χ2n) is 8.96. The Morgan fingerprint density at radius 2 is 1.85 bits per heavy atom. The van der Waals surface area contributed by atoms with Gasteiger partial charge in [-0.2, -0.15) is 4.98 Å². The lowest BCUT2D eigenvalue weighted by Gasteiger charge is -2.35. The first kappa shape index (κ1) is 26.6. The molecule has 202 valence electrons. The molecule has 0 unspecified atom stereocenters. The topological polar surface area (TPSA) is 85.4 Å². The number of carbonyl (C=O) groups excluding carboxylic acids is 1. The van der Waals surface area contributed by atoms with Crippen molar-refractivity contribution in [2.45, 2.75) is 20.0 Å². The van der Waals surface area contributed by atoms with Gasteiger partial charge in [-0.05, 0) is 36.1 Å². The van der Waals surface area contributed by atoms with Crippen LogP contribution in [0.15, 0.2) is 39.2 Å². The van der Waals surface area contributed by atoms with Crippen molar-refractivity contribution in [3.8, 4) is 11.8 Å². The highest BCUT2D eigenvalue weighted by Gasteiger charge is 2.29. The number of thiophene rings is 1. The van der Waals surface area contributed by atoms with E-state index in [1.165, 1.54) is 29.0 Å². The number of fused-ring (bicyclic) bond motifs is 1. The number of hydrogen-bond acceptors (Lipinski definition) is 6. The van der Waals surface area contributed by atoms with Crippen molar-refractivity contribution in [1.29, 1.82) is 0 Å². The molecule has 39 heavy (non-hydrogen) atoms. The number of benzene rings is 1. The molecule has 1 saturated heterocycles. The molecule has 1 fully saturated rings. The minimum atomic E-state index is -1.07. The standard InChI is InChI=1S/C26H23ClF2N6O3S/c1-3-4-8-34-20-22(31(2)26(38)35(23(20)36)15-16-5-6-18(28)19(29)14-16)30-25(34)33-11-9-32(10-12-33)24(37)21-17(27)7-13-39-21/h5-7,13-14H,8-12,15H2,1-2H3. The Morgan fingerprint density at radius 3 is 2.49 bits per heavy atom. The van der Waals surface area contributed by atoms with Gasteiger partial charge in [-0.3, -0.25) is 23.3 Å². The summed E-state index contributed by atoms with van der Waals surface area (Å²) in [6, 6.07) is 4.93.